The van der Waals surface area contributed by atoms with E-state index in [0.29, 0.717) is 13.0 Å². The Balaban J connectivity index is 1.93. The van der Waals surface area contributed by atoms with Gasteiger partial charge in [-0.05, 0) is 43.2 Å². The molecule has 1 aromatic carbocycles. The summed E-state index contributed by atoms with van der Waals surface area (Å²) in [4.78, 5) is 16.3. The van der Waals surface area contributed by atoms with Crippen LogP contribution in [-0.4, -0.2) is 18.0 Å². The zero-order valence-corrected chi connectivity index (χ0v) is 12.6. The molecule has 0 aliphatic carbocycles. The van der Waals surface area contributed by atoms with Crippen molar-refractivity contribution in [1.82, 2.24) is 10.3 Å². The summed E-state index contributed by atoms with van der Waals surface area (Å²) in [6, 6.07) is 11.6. The van der Waals surface area contributed by atoms with Gasteiger partial charge in [-0.25, -0.2) is 0 Å². The van der Waals surface area contributed by atoms with Crippen LogP contribution < -0.4 is 10.1 Å². The van der Waals surface area contributed by atoms with Crippen molar-refractivity contribution >= 4 is 5.91 Å². The highest BCUT2D eigenvalue weighted by Gasteiger charge is 2.06. The van der Waals surface area contributed by atoms with Crippen LogP contribution in [0, 0.1) is 13.8 Å². The Labute approximate surface area is 125 Å². The molecular weight excluding hydrogens is 264 g/mol. The Morgan fingerprint density at radius 3 is 2.76 bits per heavy atom. The normalized spacial score (nSPS) is 10.2. The molecule has 1 N–H and O–H groups in total. The molecule has 4 heteroatoms. The zero-order chi connectivity index (χ0) is 15.2. The van der Waals surface area contributed by atoms with E-state index in [4.69, 9.17) is 4.74 Å². The lowest BCUT2D eigenvalue weighted by Gasteiger charge is -2.08. The van der Waals surface area contributed by atoms with Crippen LogP contribution in [0.4, 0.5) is 0 Å². The van der Waals surface area contributed by atoms with Crippen LogP contribution in [0.2, 0.25) is 0 Å². The topological polar surface area (TPSA) is 51.2 Å². The lowest BCUT2D eigenvalue weighted by atomic mass is 10.1. The second-order valence-electron chi connectivity index (χ2n) is 5.03. The predicted octanol–water partition coefficient (Wildman–Crippen LogP) is 2.57. The van der Waals surface area contributed by atoms with Crippen LogP contribution in [-0.2, 0) is 17.8 Å². The molecule has 2 rings (SSSR count). The lowest BCUT2D eigenvalue weighted by Crippen LogP contribution is -2.25. The van der Waals surface area contributed by atoms with Crippen molar-refractivity contribution in [2.75, 3.05) is 7.11 Å². The van der Waals surface area contributed by atoms with E-state index >= 15 is 0 Å². The van der Waals surface area contributed by atoms with Gasteiger partial charge in [-0.2, -0.15) is 0 Å². The van der Waals surface area contributed by atoms with Crippen LogP contribution in [0.1, 0.15) is 22.5 Å². The first kappa shape index (κ1) is 15.0. The van der Waals surface area contributed by atoms with E-state index in [1.54, 1.807) is 7.11 Å². The minimum atomic E-state index is -0.0239. The van der Waals surface area contributed by atoms with Crippen LogP contribution in [0.5, 0.6) is 5.75 Å². The number of hydrogen-bond donors (Lipinski definition) is 1. The molecule has 0 fully saturated rings. The average Bonchev–Trinajstić information content (AvgIpc) is 2.47. The number of nitrogens with zero attached hydrogens (tertiary/aromatic N) is 1. The molecule has 1 heterocycles. The zero-order valence-electron chi connectivity index (χ0n) is 12.6. The van der Waals surface area contributed by atoms with Crippen molar-refractivity contribution < 1.29 is 9.53 Å². The molecule has 0 aliphatic rings. The Morgan fingerprint density at radius 2 is 2.05 bits per heavy atom. The SMILES string of the molecule is COc1cc(CC(=O)NCc2cccc(C)n2)ccc1C. The Morgan fingerprint density at radius 1 is 1.24 bits per heavy atom. The third-order valence-corrected chi connectivity index (χ3v) is 3.25. The van der Waals surface area contributed by atoms with Gasteiger partial charge in [0.05, 0.1) is 25.8 Å². The van der Waals surface area contributed by atoms with Crippen molar-refractivity contribution in [3.63, 3.8) is 0 Å². The van der Waals surface area contributed by atoms with Gasteiger partial charge in [-0.3, -0.25) is 9.78 Å². The first-order valence-electron chi connectivity index (χ1n) is 6.91. The summed E-state index contributed by atoms with van der Waals surface area (Å²) in [6.07, 6.45) is 0.336. The van der Waals surface area contributed by atoms with E-state index < -0.39 is 0 Å². The molecule has 110 valence electrons. The summed E-state index contributed by atoms with van der Waals surface area (Å²) in [5, 5.41) is 2.88. The number of hydrogen-bond acceptors (Lipinski definition) is 3. The molecule has 4 nitrogen and oxygen atoms in total. The number of nitrogens with one attached hydrogen (secondary N) is 1. The summed E-state index contributed by atoms with van der Waals surface area (Å²) in [7, 11) is 1.63. The summed E-state index contributed by atoms with van der Waals surface area (Å²) < 4.78 is 5.27. The van der Waals surface area contributed by atoms with Gasteiger partial charge in [-0.15, -0.1) is 0 Å². The molecule has 21 heavy (non-hydrogen) atoms. The number of ether oxygens (including phenoxy) is 1. The fraction of sp³-hybridized carbons (Fsp3) is 0.294. The number of carbonyl (C=O) groups excluding carboxylic acids is 1. The second kappa shape index (κ2) is 6.88. The second-order valence-corrected chi connectivity index (χ2v) is 5.03. The van der Waals surface area contributed by atoms with Gasteiger partial charge in [0.25, 0.3) is 0 Å². The first-order valence-corrected chi connectivity index (χ1v) is 6.91. The van der Waals surface area contributed by atoms with Gasteiger partial charge in [0, 0.05) is 5.69 Å². The van der Waals surface area contributed by atoms with Crippen molar-refractivity contribution in [3.05, 3.63) is 58.9 Å². The van der Waals surface area contributed by atoms with Gasteiger partial charge in [0.15, 0.2) is 0 Å². The smallest absolute Gasteiger partial charge is 0.224 e. The highest BCUT2D eigenvalue weighted by Crippen LogP contribution is 2.19. The molecule has 1 amide bonds. The maximum absolute atomic E-state index is 12.0. The Bertz CT molecular complexity index is 638. The van der Waals surface area contributed by atoms with Crippen molar-refractivity contribution in [2.45, 2.75) is 26.8 Å². The first-order chi connectivity index (χ1) is 10.1. The number of amides is 1. The maximum atomic E-state index is 12.0. The molecule has 0 aliphatic heterocycles. The molecule has 1 aromatic heterocycles. The van der Waals surface area contributed by atoms with Gasteiger partial charge >= 0.3 is 0 Å². The monoisotopic (exact) mass is 284 g/mol. The molecule has 0 radical (unpaired) electrons. The molecular formula is C17H20N2O2. The lowest BCUT2D eigenvalue weighted by molar-refractivity contribution is -0.120. The summed E-state index contributed by atoms with van der Waals surface area (Å²) in [6.45, 7) is 4.36. The number of benzene rings is 1. The predicted molar refractivity (Wildman–Crippen MR) is 82.3 cm³/mol. The minimum absolute atomic E-state index is 0.0239. The molecule has 0 saturated carbocycles. The van der Waals surface area contributed by atoms with E-state index in [9.17, 15) is 4.79 Å². The largest absolute Gasteiger partial charge is 0.496 e. The highest BCUT2D eigenvalue weighted by molar-refractivity contribution is 5.78. The molecule has 0 bridgehead atoms. The molecule has 0 spiro atoms. The van der Waals surface area contributed by atoms with Crippen LogP contribution in [0.3, 0.4) is 0 Å². The molecule has 0 saturated heterocycles. The summed E-state index contributed by atoms with van der Waals surface area (Å²) in [5.41, 5.74) is 3.81. The number of carbonyl (C=O) groups is 1. The van der Waals surface area contributed by atoms with E-state index in [0.717, 1.165) is 28.3 Å². The molecule has 0 atom stereocenters. The van der Waals surface area contributed by atoms with Gasteiger partial charge < -0.3 is 10.1 Å². The summed E-state index contributed by atoms with van der Waals surface area (Å²) in [5.74, 6) is 0.782. The minimum Gasteiger partial charge on any atom is -0.496 e. The third-order valence-electron chi connectivity index (χ3n) is 3.25. The van der Waals surface area contributed by atoms with Crippen molar-refractivity contribution in [1.29, 1.82) is 0 Å². The van der Waals surface area contributed by atoms with Gasteiger partial charge in [-0.1, -0.05) is 18.2 Å². The van der Waals surface area contributed by atoms with Gasteiger partial charge in [0.2, 0.25) is 5.91 Å². The maximum Gasteiger partial charge on any atom is 0.224 e. The van der Waals surface area contributed by atoms with Crippen molar-refractivity contribution in [2.24, 2.45) is 0 Å². The average molecular weight is 284 g/mol. The third kappa shape index (κ3) is 4.31. The number of methoxy groups -OCH3 is 1. The highest BCUT2D eigenvalue weighted by atomic mass is 16.5. The summed E-state index contributed by atoms with van der Waals surface area (Å²) >= 11 is 0. The number of pyridine rings is 1. The fourth-order valence-corrected chi connectivity index (χ4v) is 2.11. The molecule has 0 unspecified atom stereocenters. The fourth-order valence-electron chi connectivity index (χ4n) is 2.11. The van der Waals surface area contributed by atoms with Gasteiger partial charge in [0.1, 0.15) is 5.75 Å². The quantitative estimate of drug-likeness (QED) is 0.918. The van der Waals surface area contributed by atoms with Crippen LogP contribution in [0.25, 0.3) is 0 Å². The molecule has 2 aromatic rings. The Kier molecular flexibility index (Phi) is 4.93. The van der Waals surface area contributed by atoms with Crippen LogP contribution in [0.15, 0.2) is 36.4 Å². The van der Waals surface area contributed by atoms with E-state index in [1.165, 1.54) is 0 Å². The van der Waals surface area contributed by atoms with E-state index in [1.807, 2.05) is 50.2 Å². The standard InChI is InChI=1S/C17H20N2O2/c1-12-7-8-14(9-16(12)21-3)10-17(20)18-11-15-6-4-5-13(2)19-15/h4-9H,10-11H2,1-3H3,(H,18,20). The number of rotatable bonds is 5. The Hall–Kier alpha value is -2.36. The number of aryl methyl sites for hydroxylation is 2. The van der Waals surface area contributed by atoms with E-state index in [-0.39, 0.29) is 5.91 Å². The van der Waals surface area contributed by atoms with Crippen LogP contribution >= 0.6 is 0 Å². The number of aromatic nitrogens is 1. The van der Waals surface area contributed by atoms with E-state index in [2.05, 4.69) is 10.3 Å². The van der Waals surface area contributed by atoms with Crippen molar-refractivity contribution in [3.8, 4) is 5.75 Å².